The van der Waals surface area contributed by atoms with Gasteiger partial charge in [-0.05, 0) is 68.8 Å². The van der Waals surface area contributed by atoms with Crippen molar-refractivity contribution in [3.8, 4) is 22.8 Å². The number of aryl methyl sites for hydroxylation is 2. The number of amides is 1. The van der Waals surface area contributed by atoms with E-state index in [1.165, 1.54) is 5.69 Å². The first kappa shape index (κ1) is 27.5. The molecule has 0 saturated carbocycles. The number of hydrogen-bond acceptors (Lipinski definition) is 7. The van der Waals surface area contributed by atoms with E-state index in [9.17, 15) is 4.79 Å². The Morgan fingerprint density at radius 1 is 0.975 bits per heavy atom. The van der Waals surface area contributed by atoms with Crippen LogP contribution in [0.5, 0.6) is 11.5 Å². The van der Waals surface area contributed by atoms with Crippen molar-refractivity contribution in [2.45, 2.75) is 33.6 Å². The second kappa shape index (κ2) is 12.0. The van der Waals surface area contributed by atoms with Gasteiger partial charge in [0.05, 0.1) is 19.9 Å². The first-order chi connectivity index (χ1) is 19.4. The summed E-state index contributed by atoms with van der Waals surface area (Å²) >= 11 is 0. The zero-order valence-electron chi connectivity index (χ0n) is 24.0. The van der Waals surface area contributed by atoms with E-state index in [1.54, 1.807) is 14.2 Å². The van der Waals surface area contributed by atoms with E-state index in [0.29, 0.717) is 18.6 Å². The summed E-state index contributed by atoms with van der Waals surface area (Å²) < 4.78 is 12.7. The maximum Gasteiger partial charge on any atom is 0.224 e. The van der Waals surface area contributed by atoms with Gasteiger partial charge in [-0.1, -0.05) is 6.92 Å². The van der Waals surface area contributed by atoms with Gasteiger partial charge >= 0.3 is 0 Å². The van der Waals surface area contributed by atoms with Crippen molar-refractivity contribution in [3.63, 3.8) is 0 Å². The van der Waals surface area contributed by atoms with E-state index in [4.69, 9.17) is 19.6 Å². The number of piperazine rings is 1. The molecule has 9 nitrogen and oxygen atoms in total. The lowest BCUT2D eigenvalue weighted by Gasteiger charge is -2.35. The highest BCUT2D eigenvalue weighted by molar-refractivity contribution is 5.91. The molecular formula is C31H38N6O3. The summed E-state index contributed by atoms with van der Waals surface area (Å²) in [6.07, 6.45) is 0.934. The molecule has 1 aliphatic heterocycles. The molecule has 0 unspecified atom stereocenters. The second-order valence-electron chi connectivity index (χ2n) is 10.1. The first-order valence-electron chi connectivity index (χ1n) is 13.9. The van der Waals surface area contributed by atoms with Crippen LogP contribution in [0.2, 0.25) is 0 Å². The number of carbonyl (C=O) groups excluding carboxylic acids is 1. The molecule has 1 saturated heterocycles. The number of hydrogen-bond donors (Lipinski definition) is 1. The Hall–Kier alpha value is -4.11. The fourth-order valence-electron chi connectivity index (χ4n) is 5.37. The molecule has 0 bridgehead atoms. The number of fused-ring (bicyclic) bond motifs is 1. The zero-order chi connectivity index (χ0) is 28.2. The fraction of sp³-hybridized carbons (Fsp3) is 0.387. The summed E-state index contributed by atoms with van der Waals surface area (Å²) in [6.45, 7) is 11.6. The minimum Gasteiger partial charge on any atom is -0.497 e. The Morgan fingerprint density at radius 3 is 2.40 bits per heavy atom. The lowest BCUT2D eigenvalue weighted by atomic mass is 10.1. The molecule has 0 atom stereocenters. The van der Waals surface area contributed by atoms with E-state index < -0.39 is 0 Å². The van der Waals surface area contributed by atoms with Crippen LogP contribution in [0.3, 0.4) is 0 Å². The summed E-state index contributed by atoms with van der Waals surface area (Å²) in [7, 11) is 3.26. The number of aromatic nitrogens is 3. The predicted molar refractivity (Wildman–Crippen MR) is 159 cm³/mol. The molecule has 2 aromatic carbocycles. The van der Waals surface area contributed by atoms with Crippen molar-refractivity contribution in [1.29, 1.82) is 0 Å². The zero-order valence-corrected chi connectivity index (χ0v) is 24.0. The Bertz CT molecular complexity index is 1490. The molecule has 1 amide bonds. The van der Waals surface area contributed by atoms with Gasteiger partial charge in [-0.3, -0.25) is 4.79 Å². The molecule has 4 aromatic rings. The van der Waals surface area contributed by atoms with E-state index >= 15 is 0 Å². The van der Waals surface area contributed by atoms with Gasteiger partial charge in [0, 0.05) is 73.1 Å². The third-order valence-electron chi connectivity index (χ3n) is 7.79. The maximum atomic E-state index is 12.8. The predicted octanol–water partition coefficient (Wildman–Crippen LogP) is 4.74. The molecule has 1 aliphatic rings. The largest absolute Gasteiger partial charge is 0.497 e. The summed E-state index contributed by atoms with van der Waals surface area (Å²) in [5.74, 6) is 1.38. The average Bonchev–Trinajstić information content (AvgIpc) is 3.41. The number of benzene rings is 2. The summed E-state index contributed by atoms with van der Waals surface area (Å²) in [4.78, 5) is 22.5. The van der Waals surface area contributed by atoms with Crippen molar-refractivity contribution in [1.82, 2.24) is 19.5 Å². The molecule has 9 heteroatoms. The van der Waals surface area contributed by atoms with Crippen LogP contribution >= 0.6 is 0 Å². The maximum absolute atomic E-state index is 12.8. The van der Waals surface area contributed by atoms with Crippen LogP contribution in [-0.4, -0.2) is 72.3 Å². The number of rotatable bonds is 9. The minimum atomic E-state index is -0.0210. The van der Waals surface area contributed by atoms with Gasteiger partial charge in [0.2, 0.25) is 5.91 Å². The number of likely N-dealkylation sites (N-methyl/N-ethyl adjacent to an activating group) is 1. The van der Waals surface area contributed by atoms with Crippen LogP contribution in [-0.2, 0) is 11.2 Å². The van der Waals surface area contributed by atoms with Crippen molar-refractivity contribution in [3.05, 3.63) is 65.5 Å². The van der Waals surface area contributed by atoms with Gasteiger partial charge in [-0.15, -0.1) is 0 Å². The van der Waals surface area contributed by atoms with Crippen LogP contribution in [0, 0.1) is 13.8 Å². The molecule has 5 rings (SSSR count). The topological polar surface area (TPSA) is 84.2 Å². The molecule has 0 spiro atoms. The van der Waals surface area contributed by atoms with E-state index in [1.807, 2.05) is 54.8 Å². The Labute approximate surface area is 235 Å². The Morgan fingerprint density at radius 2 is 1.73 bits per heavy atom. The lowest BCUT2D eigenvalue weighted by molar-refractivity contribution is -0.116. The summed E-state index contributed by atoms with van der Waals surface area (Å²) in [6, 6.07) is 15.8. The molecule has 1 N–H and O–H groups in total. The summed E-state index contributed by atoms with van der Waals surface area (Å²) in [5.41, 5.74) is 7.30. The van der Waals surface area contributed by atoms with Crippen molar-refractivity contribution in [2.24, 2.45) is 0 Å². The van der Waals surface area contributed by atoms with Crippen LogP contribution in [0.4, 0.5) is 11.4 Å². The Kier molecular flexibility index (Phi) is 8.21. The third-order valence-corrected chi connectivity index (χ3v) is 7.79. The highest BCUT2D eigenvalue weighted by Crippen LogP contribution is 2.33. The van der Waals surface area contributed by atoms with Gasteiger partial charge in [0.25, 0.3) is 0 Å². The standard InChI is InChI=1S/C31H38N6O3/c1-6-35-15-17-36(18-16-35)24-9-7-23(8-10-24)33-31(38)14-13-26-21(2)32-30-20-28(34-37(30)22(26)3)27-12-11-25(39-4)19-29(27)40-5/h7-12,19-20H,6,13-18H2,1-5H3,(H,33,38). The van der Waals surface area contributed by atoms with E-state index in [-0.39, 0.29) is 5.91 Å². The van der Waals surface area contributed by atoms with Gasteiger partial charge in [0.1, 0.15) is 11.5 Å². The number of carbonyl (C=O) groups is 1. The molecule has 2 aromatic heterocycles. The van der Waals surface area contributed by atoms with Crippen LogP contribution in [0.1, 0.15) is 30.3 Å². The monoisotopic (exact) mass is 542 g/mol. The number of ether oxygens (including phenoxy) is 2. The number of methoxy groups -OCH3 is 2. The smallest absolute Gasteiger partial charge is 0.224 e. The Balaban J connectivity index is 1.25. The minimum absolute atomic E-state index is 0.0210. The molecule has 40 heavy (non-hydrogen) atoms. The van der Waals surface area contributed by atoms with Crippen molar-refractivity contribution >= 4 is 22.9 Å². The molecule has 0 radical (unpaired) electrons. The van der Waals surface area contributed by atoms with Gasteiger partial charge in [0.15, 0.2) is 5.65 Å². The molecule has 0 aliphatic carbocycles. The SMILES string of the molecule is CCN1CCN(c2ccc(NC(=O)CCc3c(C)nc4cc(-c5ccc(OC)cc5OC)nn4c3C)cc2)CC1. The number of nitrogens with zero attached hydrogens (tertiary/aromatic N) is 5. The van der Waals surface area contributed by atoms with Gasteiger partial charge in [-0.25, -0.2) is 9.50 Å². The molecular weight excluding hydrogens is 504 g/mol. The number of anilines is 2. The third kappa shape index (κ3) is 5.74. The summed E-state index contributed by atoms with van der Waals surface area (Å²) in [5, 5.41) is 7.87. The van der Waals surface area contributed by atoms with Crippen LogP contribution < -0.4 is 19.7 Å². The van der Waals surface area contributed by atoms with E-state index in [2.05, 4.69) is 34.2 Å². The van der Waals surface area contributed by atoms with Crippen LogP contribution in [0.25, 0.3) is 16.9 Å². The van der Waals surface area contributed by atoms with Gasteiger partial charge in [-0.2, -0.15) is 5.10 Å². The van der Waals surface area contributed by atoms with Crippen molar-refractivity contribution in [2.75, 3.05) is 57.2 Å². The molecule has 1 fully saturated rings. The van der Waals surface area contributed by atoms with Crippen molar-refractivity contribution < 1.29 is 14.3 Å². The highest BCUT2D eigenvalue weighted by atomic mass is 16.5. The fourth-order valence-corrected chi connectivity index (χ4v) is 5.37. The van der Waals surface area contributed by atoms with E-state index in [0.717, 1.165) is 78.0 Å². The highest BCUT2D eigenvalue weighted by Gasteiger charge is 2.18. The molecule has 3 heterocycles. The quantitative estimate of drug-likeness (QED) is 0.327. The first-order valence-corrected chi connectivity index (χ1v) is 13.9. The average molecular weight is 543 g/mol. The van der Waals surface area contributed by atoms with Gasteiger partial charge < -0.3 is 24.6 Å². The lowest BCUT2D eigenvalue weighted by Crippen LogP contribution is -2.46. The number of nitrogens with one attached hydrogen (secondary N) is 1. The molecule has 210 valence electrons. The normalized spacial score (nSPS) is 14.0. The second-order valence-corrected chi connectivity index (χ2v) is 10.1. The van der Waals surface area contributed by atoms with Crippen LogP contribution in [0.15, 0.2) is 48.5 Å².